The number of anilines is 1. The predicted octanol–water partition coefficient (Wildman–Crippen LogP) is 1.53. The van der Waals surface area contributed by atoms with E-state index in [1.807, 2.05) is 13.8 Å². The smallest absolute Gasteiger partial charge is 0.319 e. The van der Waals surface area contributed by atoms with Crippen molar-refractivity contribution in [1.29, 1.82) is 0 Å². The van der Waals surface area contributed by atoms with Crippen LogP contribution in [0.3, 0.4) is 0 Å². The van der Waals surface area contributed by atoms with Crippen LogP contribution < -0.4 is 10.6 Å². The Morgan fingerprint density at radius 3 is 2.48 bits per heavy atom. The number of nitrogens with one attached hydrogen (secondary N) is 3. The molecule has 2 heterocycles. The number of sulfonamides is 1. The molecule has 0 saturated carbocycles. The quantitative estimate of drug-likeness (QED) is 0.712. The predicted molar refractivity (Wildman–Crippen MR) is 99.7 cm³/mol. The molecule has 2 aromatic rings. The van der Waals surface area contributed by atoms with Crippen molar-refractivity contribution in [3.63, 3.8) is 0 Å². The Balaban J connectivity index is 1.61. The van der Waals surface area contributed by atoms with E-state index in [-0.39, 0.29) is 17.1 Å². The molecule has 2 unspecified atom stereocenters. The van der Waals surface area contributed by atoms with Gasteiger partial charge in [0.25, 0.3) is 0 Å². The first-order chi connectivity index (χ1) is 12.8. The van der Waals surface area contributed by atoms with Crippen LogP contribution in [0.25, 0.3) is 0 Å². The van der Waals surface area contributed by atoms with Crippen LogP contribution in [0.1, 0.15) is 19.5 Å². The van der Waals surface area contributed by atoms with E-state index in [0.29, 0.717) is 25.3 Å². The normalized spacial score (nSPS) is 21.0. The molecule has 146 valence electrons. The summed E-state index contributed by atoms with van der Waals surface area (Å²) in [6, 6.07) is 7.48. The molecule has 3 N–H and O–H groups in total. The van der Waals surface area contributed by atoms with Gasteiger partial charge in [0.1, 0.15) is 0 Å². The molecule has 3 rings (SSSR count). The molecule has 0 aliphatic carbocycles. The number of urea groups is 1. The van der Waals surface area contributed by atoms with Crippen LogP contribution in [0.5, 0.6) is 0 Å². The van der Waals surface area contributed by atoms with Gasteiger partial charge in [0, 0.05) is 25.0 Å². The third kappa shape index (κ3) is 4.85. The average Bonchev–Trinajstić information content (AvgIpc) is 3.13. The van der Waals surface area contributed by atoms with Crippen LogP contribution in [-0.2, 0) is 21.3 Å². The minimum Gasteiger partial charge on any atom is -0.373 e. The van der Waals surface area contributed by atoms with Gasteiger partial charge < -0.3 is 15.4 Å². The van der Waals surface area contributed by atoms with Gasteiger partial charge in [-0.25, -0.2) is 13.2 Å². The van der Waals surface area contributed by atoms with Crippen molar-refractivity contribution in [2.75, 3.05) is 18.4 Å². The second-order valence-corrected chi connectivity index (χ2v) is 8.43. The van der Waals surface area contributed by atoms with Crippen molar-refractivity contribution in [1.82, 2.24) is 19.8 Å². The number of benzene rings is 1. The highest BCUT2D eigenvalue weighted by molar-refractivity contribution is 7.89. The zero-order valence-corrected chi connectivity index (χ0v) is 16.0. The third-order valence-corrected chi connectivity index (χ3v) is 5.98. The molecule has 0 radical (unpaired) electrons. The average molecular weight is 393 g/mol. The summed E-state index contributed by atoms with van der Waals surface area (Å²) in [5.74, 6) is 0. The SMILES string of the molecule is CC1CN(S(=O)(=O)c2ccc(NC(=O)NCc3ccn[nH]3)cc2)CC(C)O1. The van der Waals surface area contributed by atoms with Gasteiger partial charge in [-0.05, 0) is 44.2 Å². The van der Waals surface area contributed by atoms with E-state index < -0.39 is 16.1 Å². The van der Waals surface area contributed by atoms with Crippen molar-refractivity contribution >= 4 is 21.7 Å². The molecule has 1 aromatic heterocycles. The van der Waals surface area contributed by atoms with Crippen molar-refractivity contribution in [3.05, 3.63) is 42.2 Å². The number of hydrogen-bond donors (Lipinski definition) is 3. The molecular weight excluding hydrogens is 370 g/mol. The van der Waals surface area contributed by atoms with Crippen LogP contribution in [0.15, 0.2) is 41.4 Å². The van der Waals surface area contributed by atoms with Crippen molar-refractivity contribution in [3.8, 4) is 0 Å². The number of rotatable bonds is 5. The highest BCUT2D eigenvalue weighted by Gasteiger charge is 2.32. The minimum atomic E-state index is -3.60. The second kappa shape index (κ2) is 8.07. The molecule has 2 atom stereocenters. The molecule has 27 heavy (non-hydrogen) atoms. The minimum absolute atomic E-state index is 0.150. The first-order valence-electron chi connectivity index (χ1n) is 8.63. The molecule has 1 aliphatic rings. The van der Waals surface area contributed by atoms with E-state index in [9.17, 15) is 13.2 Å². The molecule has 0 bridgehead atoms. The summed E-state index contributed by atoms with van der Waals surface area (Å²) < 4.78 is 32.6. The lowest BCUT2D eigenvalue weighted by Gasteiger charge is -2.34. The maximum Gasteiger partial charge on any atom is 0.319 e. The highest BCUT2D eigenvalue weighted by atomic mass is 32.2. The molecule has 0 spiro atoms. The molecule has 2 amide bonds. The zero-order valence-electron chi connectivity index (χ0n) is 15.2. The molecule has 1 aromatic carbocycles. The lowest BCUT2D eigenvalue weighted by atomic mass is 10.3. The first-order valence-corrected chi connectivity index (χ1v) is 10.1. The Bertz CT molecular complexity index is 857. The molecule has 10 heteroatoms. The number of aromatic amines is 1. The third-order valence-electron chi connectivity index (χ3n) is 4.13. The van der Waals surface area contributed by atoms with Crippen LogP contribution in [0, 0.1) is 0 Å². The second-order valence-electron chi connectivity index (χ2n) is 6.49. The van der Waals surface area contributed by atoms with Gasteiger partial charge in [-0.1, -0.05) is 0 Å². The maximum atomic E-state index is 12.8. The summed E-state index contributed by atoms with van der Waals surface area (Å²) >= 11 is 0. The van der Waals surface area contributed by atoms with Gasteiger partial charge in [0.15, 0.2) is 0 Å². The number of carbonyl (C=O) groups is 1. The van der Waals surface area contributed by atoms with E-state index in [0.717, 1.165) is 5.69 Å². The summed E-state index contributed by atoms with van der Waals surface area (Å²) in [4.78, 5) is 12.1. The highest BCUT2D eigenvalue weighted by Crippen LogP contribution is 2.22. The largest absolute Gasteiger partial charge is 0.373 e. The van der Waals surface area contributed by atoms with Crippen LogP contribution in [0.4, 0.5) is 10.5 Å². The standard InChI is InChI=1S/C17H23N5O4S/c1-12-10-22(11-13(2)26-12)27(24,25)16-5-3-14(4-6-16)20-17(23)18-9-15-7-8-19-21-15/h3-8,12-13H,9-11H2,1-2H3,(H,19,21)(H2,18,20,23). The van der Waals surface area contributed by atoms with Crippen molar-refractivity contribution in [2.24, 2.45) is 0 Å². The number of hydrogen-bond acceptors (Lipinski definition) is 5. The fraction of sp³-hybridized carbons (Fsp3) is 0.412. The summed E-state index contributed by atoms with van der Waals surface area (Å²) in [5.41, 5.74) is 1.28. The summed E-state index contributed by atoms with van der Waals surface area (Å²) in [7, 11) is -3.60. The number of ether oxygens (including phenoxy) is 1. The van der Waals surface area contributed by atoms with E-state index in [2.05, 4.69) is 20.8 Å². The van der Waals surface area contributed by atoms with E-state index in [1.165, 1.54) is 16.4 Å². The van der Waals surface area contributed by atoms with Gasteiger partial charge in [0.05, 0.1) is 29.3 Å². The molecule has 1 saturated heterocycles. The van der Waals surface area contributed by atoms with E-state index in [1.54, 1.807) is 24.4 Å². The lowest BCUT2D eigenvalue weighted by Crippen LogP contribution is -2.48. The fourth-order valence-corrected chi connectivity index (χ4v) is 4.51. The van der Waals surface area contributed by atoms with Crippen LogP contribution in [-0.4, -0.2) is 54.2 Å². The monoisotopic (exact) mass is 393 g/mol. The number of nitrogens with zero attached hydrogens (tertiary/aromatic N) is 2. The zero-order chi connectivity index (χ0) is 19.4. The Labute approximate surface area is 158 Å². The fourth-order valence-electron chi connectivity index (χ4n) is 2.92. The molecule has 1 aliphatic heterocycles. The molecule has 1 fully saturated rings. The van der Waals surface area contributed by atoms with E-state index >= 15 is 0 Å². The van der Waals surface area contributed by atoms with Gasteiger partial charge >= 0.3 is 6.03 Å². The van der Waals surface area contributed by atoms with Gasteiger partial charge in [0.2, 0.25) is 10.0 Å². The number of carbonyl (C=O) groups excluding carboxylic acids is 1. The Kier molecular flexibility index (Phi) is 5.78. The number of aromatic nitrogens is 2. The van der Waals surface area contributed by atoms with E-state index in [4.69, 9.17) is 4.74 Å². The summed E-state index contributed by atoms with van der Waals surface area (Å²) in [6.45, 7) is 4.66. The van der Waals surface area contributed by atoms with Crippen LogP contribution >= 0.6 is 0 Å². The van der Waals surface area contributed by atoms with Gasteiger partial charge in [-0.15, -0.1) is 0 Å². The maximum absolute atomic E-state index is 12.8. The summed E-state index contributed by atoms with van der Waals surface area (Å²) in [6.07, 6.45) is 1.30. The van der Waals surface area contributed by atoms with Gasteiger partial charge in [-0.3, -0.25) is 5.10 Å². The first kappa shape index (κ1) is 19.3. The Morgan fingerprint density at radius 2 is 1.89 bits per heavy atom. The number of amides is 2. The molecule has 9 nitrogen and oxygen atoms in total. The van der Waals surface area contributed by atoms with Crippen molar-refractivity contribution < 1.29 is 17.9 Å². The lowest BCUT2D eigenvalue weighted by molar-refractivity contribution is -0.0440. The topological polar surface area (TPSA) is 116 Å². The van der Waals surface area contributed by atoms with Crippen molar-refractivity contribution in [2.45, 2.75) is 37.5 Å². The Morgan fingerprint density at radius 1 is 1.22 bits per heavy atom. The van der Waals surface area contributed by atoms with Gasteiger partial charge in [-0.2, -0.15) is 9.40 Å². The summed E-state index contributed by atoms with van der Waals surface area (Å²) in [5, 5.41) is 11.9. The van der Waals surface area contributed by atoms with Crippen LogP contribution in [0.2, 0.25) is 0 Å². The molecular formula is C17H23N5O4S. The number of morpholine rings is 1. The Hall–Kier alpha value is -2.43. The number of H-pyrrole nitrogens is 1.